The fourth-order valence-electron chi connectivity index (χ4n) is 1.52. The van der Waals surface area contributed by atoms with Gasteiger partial charge in [-0.2, -0.15) is 0 Å². The lowest BCUT2D eigenvalue weighted by Gasteiger charge is -2.19. The van der Waals surface area contributed by atoms with Crippen LogP contribution in [0.2, 0.25) is 0 Å². The van der Waals surface area contributed by atoms with Gasteiger partial charge in [0.15, 0.2) is 0 Å². The van der Waals surface area contributed by atoms with E-state index < -0.39 is 0 Å². The van der Waals surface area contributed by atoms with E-state index >= 15 is 0 Å². The van der Waals surface area contributed by atoms with E-state index in [0.29, 0.717) is 13.1 Å². The van der Waals surface area contributed by atoms with Gasteiger partial charge in [-0.15, -0.1) is 0 Å². The summed E-state index contributed by atoms with van der Waals surface area (Å²) in [5.74, 6) is -0.154. The number of halogens is 1. The average Bonchev–Trinajstić information content (AvgIpc) is 2.29. The third-order valence-corrected chi connectivity index (χ3v) is 2.98. The number of rotatable bonds is 7. The van der Waals surface area contributed by atoms with Gasteiger partial charge in [0, 0.05) is 22.3 Å². The van der Waals surface area contributed by atoms with Crippen molar-refractivity contribution >= 4 is 34.2 Å². The van der Waals surface area contributed by atoms with Crippen molar-refractivity contribution in [3.05, 3.63) is 27.8 Å². The Morgan fingerprint density at radius 3 is 2.50 bits per heavy atom. The van der Waals surface area contributed by atoms with Crippen molar-refractivity contribution in [3.8, 4) is 0 Å². The molecule has 0 radical (unpaired) electrons. The smallest absolute Gasteiger partial charge is 0.238 e. The molecule has 0 aliphatic rings. The maximum atomic E-state index is 11.8. The Hall–Kier alpha value is -0.700. The zero-order chi connectivity index (χ0) is 13.4. The quantitative estimate of drug-likeness (QED) is 0.617. The van der Waals surface area contributed by atoms with E-state index in [4.69, 9.17) is 10.2 Å². The summed E-state index contributed by atoms with van der Waals surface area (Å²) >= 11 is 2.18. The number of amides is 1. The fraction of sp³-hybridized carbons (Fsp3) is 0.417. The average molecular weight is 364 g/mol. The van der Waals surface area contributed by atoms with Crippen LogP contribution < -0.4 is 5.32 Å². The maximum absolute atomic E-state index is 11.8. The number of benzene rings is 1. The minimum Gasteiger partial charge on any atom is -0.395 e. The summed E-state index contributed by atoms with van der Waals surface area (Å²) in [7, 11) is 0. The number of carbonyl (C=O) groups is 1. The molecule has 0 fully saturated rings. The van der Waals surface area contributed by atoms with Crippen LogP contribution in [0.3, 0.4) is 0 Å². The van der Waals surface area contributed by atoms with E-state index in [-0.39, 0.29) is 25.7 Å². The normalized spacial score (nSPS) is 10.7. The SMILES string of the molecule is O=C(CN(CCO)CCO)Nc1cccc(I)c1. The molecule has 1 aromatic rings. The molecule has 1 rings (SSSR count). The van der Waals surface area contributed by atoms with Crippen molar-refractivity contribution in [2.45, 2.75) is 0 Å². The highest BCUT2D eigenvalue weighted by atomic mass is 127. The molecule has 0 aliphatic heterocycles. The standard InChI is InChI=1S/C12H17IN2O3/c13-10-2-1-3-11(8-10)14-12(18)9-15(4-6-16)5-7-17/h1-3,8,16-17H,4-7,9H2,(H,14,18). The second kappa shape index (κ2) is 8.41. The van der Waals surface area contributed by atoms with E-state index in [0.717, 1.165) is 9.26 Å². The van der Waals surface area contributed by atoms with Crippen molar-refractivity contribution < 1.29 is 15.0 Å². The predicted octanol–water partition coefficient (Wildman–Crippen LogP) is 0.516. The van der Waals surface area contributed by atoms with Crippen LogP contribution in [0.4, 0.5) is 5.69 Å². The van der Waals surface area contributed by atoms with Gasteiger partial charge in [0.2, 0.25) is 5.91 Å². The van der Waals surface area contributed by atoms with Crippen LogP contribution in [-0.4, -0.2) is 53.9 Å². The summed E-state index contributed by atoms with van der Waals surface area (Å²) in [6.07, 6.45) is 0. The highest BCUT2D eigenvalue weighted by Crippen LogP contribution is 2.12. The number of nitrogens with one attached hydrogen (secondary N) is 1. The second-order valence-electron chi connectivity index (χ2n) is 3.78. The second-order valence-corrected chi connectivity index (χ2v) is 5.03. The Balaban J connectivity index is 2.49. The van der Waals surface area contributed by atoms with Crippen molar-refractivity contribution in [2.75, 3.05) is 38.2 Å². The number of nitrogens with zero attached hydrogens (tertiary/aromatic N) is 1. The van der Waals surface area contributed by atoms with Gasteiger partial charge in [0.25, 0.3) is 0 Å². The topological polar surface area (TPSA) is 72.8 Å². The minimum absolute atomic E-state index is 0.0312. The Morgan fingerprint density at radius 1 is 1.28 bits per heavy atom. The molecular weight excluding hydrogens is 347 g/mol. The fourth-order valence-corrected chi connectivity index (χ4v) is 2.07. The van der Waals surface area contributed by atoms with Crippen LogP contribution in [0.1, 0.15) is 0 Å². The molecule has 0 atom stereocenters. The van der Waals surface area contributed by atoms with Gasteiger partial charge in [-0.3, -0.25) is 9.69 Å². The molecule has 0 bridgehead atoms. The number of carbonyl (C=O) groups excluding carboxylic acids is 1. The molecule has 0 saturated heterocycles. The van der Waals surface area contributed by atoms with E-state index in [1.165, 1.54) is 0 Å². The molecule has 3 N–H and O–H groups in total. The van der Waals surface area contributed by atoms with Gasteiger partial charge < -0.3 is 15.5 Å². The van der Waals surface area contributed by atoms with Gasteiger partial charge in [0.05, 0.1) is 19.8 Å². The molecule has 0 unspecified atom stereocenters. The van der Waals surface area contributed by atoms with Crippen LogP contribution >= 0.6 is 22.6 Å². The Morgan fingerprint density at radius 2 is 1.94 bits per heavy atom. The molecule has 1 aromatic carbocycles. The highest BCUT2D eigenvalue weighted by Gasteiger charge is 2.09. The van der Waals surface area contributed by atoms with Crippen LogP contribution in [0.25, 0.3) is 0 Å². The third kappa shape index (κ3) is 5.76. The zero-order valence-corrected chi connectivity index (χ0v) is 12.1. The molecule has 0 aliphatic carbocycles. The Kier molecular flexibility index (Phi) is 7.18. The Labute approximate surface area is 120 Å². The molecule has 1 amide bonds. The van der Waals surface area contributed by atoms with Crippen LogP contribution in [0.5, 0.6) is 0 Å². The van der Waals surface area contributed by atoms with Crippen molar-refractivity contribution in [1.82, 2.24) is 4.90 Å². The van der Waals surface area contributed by atoms with Gasteiger partial charge >= 0.3 is 0 Å². The van der Waals surface area contributed by atoms with E-state index in [9.17, 15) is 4.79 Å². The first-order valence-corrected chi connectivity index (χ1v) is 6.73. The van der Waals surface area contributed by atoms with E-state index in [2.05, 4.69) is 27.9 Å². The van der Waals surface area contributed by atoms with Gasteiger partial charge in [-0.05, 0) is 40.8 Å². The van der Waals surface area contributed by atoms with Gasteiger partial charge in [0.1, 0.15) is 0 Å². The van der Waals surface area contributed by atoms with Crippen molar-refractivity contribution in [2.24, 2.45) is 0 Å². The molecule has 0 heterocycles. The largest absolute Gasteiger partial charge is 0.395 e. The number of hydrogen-bond acceptors (Lipinski definition) is 4. The number of aliphatic hydroxyl groups excluding tert-OH is 2. The number of aliphatic hydroxyl groups is 2. The molecule has 5 nitrogen and oxygen atoms in total. The first-order valence-electron chi connectivity index (χ1n) is 5.65. The molecule has 100 valence electrons. The van der Waals surface area contributed by atoms with Crippen molar-refractivity contribution in [1.29, 1.82) is 0 Å². The third-order valence-electron chi connectivity index (χ3n) is 2.31. The molecule has 18 heavy (non-hydrogen) atoms. The molecule has 0 spiro atoms. The lowest BCUT2D eigenvalue weighted by Crippen LogP contribution is -2.37. The predicted molar refractivity (Wildman–Crippen MR) is 78.4 cm³/mol. The summed E-state index contributed by atoms with van der Waals surface area (Å²) in [5, 5.41) is 20.5. The molecule has 0 saturated carbocycles. The maximum Gasteiger partial charge on any atom is 0.238 e. The molecule has 6 heteroatoms. The summed E-state index contributed by atoms with van der Waals surface area (Å²) in [6.45, 7) is 0.847. The highest BCUT2D eigenvalue weighted by molar-refractivity contribution is 14.1. The Bertz CT molecular complexity index is 381. The minimum atomic E-state index is -0.154. The first kappa shape index (κ1) is 15.4. The number of hydrogen-bond donors (Lipinski definition) is 3. The van der Waals surface area contributed by atoms with Crippen LogP contribution in [0.15, 0.2) is 24.3 Å². The lowest BCUT2D eigenvalue weighted by atomic mass is 10.3. The zero-order valence-electron chi connectivity index (χ0n) is 9.97. The van der Waals surface area contributed by atoms with E-state index in [1.807, 2.05) is 24.3 Å². The number of anilines is 1. The first-order chi connectivity index (χ1) is 8.65. The summed E-state index contributed by atoms with van der Waals surface area (Å²) in [6, 6.07) is 7.51. The van der Waals surface area contributed by atoms with Crippen LogP contribution in [-0.2, 0) is 4.79 Å². The molecular formula is C12H17IN2O3. The van der Waals surface area contributed by atoms with Gasteiger partial charge in [-0.1, -0.05) is 6.07 Å². The van der Waals surface area contributed by atoms with Crippen LogP contribution in [0, 0.1) is 3.57 Å². The van der Waals surface area contributed by atoms with E-state index in [1.54, 1.807) is 4.90 Å². The summed E-state index contributed by atoms with van der Waals surface area (Å²) in [5.41, 5.74) is 0.750. The van der Waals surface area contributed by atoms with Crippen molar-refractivity contribution in [3.63, 3.8) is 0 Å². The lowest BCUT2D eigenvalue weighted by molar-refractivity contribution is -0.117. The molecule has 0 aromatic heterocycles. The van der Waals surface area contributed by atoms with Gasteiger partial charge in [-0.25, -0.2) is 0 Å². The summed E-state index contributed by atoms with van der Waals surface area (Å²) in [4.78, 5) is 13.5. The summed E-state index contributed by atoms with van der Waals surface area (Å²) < 4.78 is 1.05. The monoisotopic (exact) mass is 364 g/mol.